The van der Waals surface area contributed by atoms with Gasteiger partial charge in [0.1, 0.15) is 17.1 Å². The predicted octanol–water partition coefficient (Wildman–Crippen LogP) is 3.35. The van der Waals surface area contributed by atoms with Gasteiger partial charge in [0, 0.05) is 5.02 Å². The van der Waals surface area contributed by atoms with Crippen LogP contribution in [0.5, 0.6) is 11.5 Å². The summed E-state index contributed by atoms with van der Waals surface area (Å²) >= 11 is 5.84. The Labute approximate surface area is 132 Å². The molecule has 0 saturated carbocycles. The number of carbonyl (C=O) groups excluding carboxylic acids is 2. The van der Waals surface area contributed by atoms with Gasteiger partial charge in [-0.05, 0) is 42.5 Å². The molecule has 0 aromatic heterocycles. The first-order valence-electron chi connectivity index (χ1n) is 6.29. The van der Waals surface area contributed by atoms with E-state index in [2.05, 4.69) is 4.74 Å². The van der Waals surface area contributed by atoms with Crippen LogP contribution < -0.4 is 9.47 Å². The number of benzene rings is 2. The highest BCUT2D eigenvalue weighted by Gasteiger charge is 2.17. The van der Waals surface area contributed by atoms with E-state index < -0.39 is 11.9 Å². The first-order chi connectivity index (χ1) is 10.5. The molecule has 0 amide bonds. The number of rotatable bonds is 4. The number of carbonyl (C=O) groups is 2. The first kappa shape index (κ1) is 15.9. The van der Waals surface area contributed by atoms with Crippen LogP contribution >= 0.6 is 11.6 Å². The van der Waals surface area contributed by atoms with Crippen molar-refractivity contribution in [1.82, 2.24) is 0 Å². The second-order valence-corrected chi connectivity index (χ2v) is 4.69. The van der Waals surface area contributed by atoms with E-state index >= 15 is 0 Å². The van der Waals surface area contributed by atoms with Crippen molar-refractivity contribution in [2.75, 3.05) is 14.2 Å². The van der Waals surface area contributed by atoms with Crippen molar-refractivity contribution in [1.29, 1.82) is 0 Å². The molecule has 2 aromatic carbocycles. The van der Waals surface area contributed by atoms with E-state index in [0.29, 0.717) is 16.3 Å². The van der Waals surface area contributed by atoms with Crippen LogP contribution in [0.4, 0.5) is 0 Å². The normalized spacial score (nSPS) is 9.95. The maximum atomic E-state index is 12.1. The van der Waals surface area contributed by atoms with Crippen molar-refractivity contribution in [3.63, 3.8) is 0 Å². The fourth-order valence-corrected chi connectivity index (χ4v) is 1.92. The molecule has 0 fully saturated rings. The fraction of sp³-hybridized carbons (Fsp3) is 0.125. The summed E-state index contributed by atoms with van der Waals surface area (Å²) in [5.41, 5.74) is 0.406. The molecule has 0 aliphatic rings. The number of hydrogen-bond donors (Lipinski definition) is 0. The molecule has 22 heavy (non-hydrogen) atoms. The first-order valence-corrected chi connectivity index (χ1v) is 6.67. The Hall–Kier alpha value is -2.53. The third-order valence-electron chi connectivity index (χ3n) is 2.88. The summed E-state index contributed by atoms with van der Waals surface area (Å²) in [6.45, 7) is 0. The number of ether oxygens (including phenoxy) is 3. The lowest BCUT2D eigenvalue weighted by molar-refractivity contribution is 0.0593. The van der Waals surface area contributed by atoms with E-state index in [1.807, 2.05) is 0 Å². The Morgan fingerprint density at radius 1 is 0.955 bits per heavy atom. The molecule has 5 nitrogen and oxygen atoms in total. The zero-order chi connectivity index (χ0) is 16.1. The zero-order valence-corrected chi connectivity index (χ0v) is 12.7. The van der Waals surface area contributed by atoms with Crippen LogP contribution in [0.1, 0.15) is 20.7 Å². The molecule has 2 rings (SSSR count). The highest BCUT2D eigenvalue weighted by Crippen LogP contribution is 2.25. The fourth-order valence-electron chi connectivity index (χ4n) is 1.75. The predicted molar refractivity (Wildman–Crippen MR) is 80.7 cm³/mol. The van der Waals surface area contributed by atoms with Gasteiger partial charge in [-0.1, -0.05) is 11.6 Å². The van der Waals surface area contributed by atoms with Gasteiger partial charge in [-0.15, -0.1) is 0 Å². The van der Waals surface area contributed by atoms with Crippen molar-refractivity contribution < 1.29 is 23.8 Å². The SMILES string of the molecule is COC(=O)c1cc(Cl)ccc1OC(=O)c1ccc(OC)cc1. The second kappa shape index (κ2) is 6.95. The smallest absolute Gasteiger partial charge is 0.343 e. The molecule has 0 radical (unpaired) electrons. The van der Waals surface area contributed by atoms with E-state index in [4.69, 9.17) is 21.1 Å². The van der Waals surface area contributed by atoms with Gasteiger partial charge >= 0.3 is 11.9 Å². The van der Waals surface area contributed by atoms with Crippen LogP contribution in [0.3, 0.4) is 0 Å². The molecule has 0 saturated heterocycles. The highest BCUT2D eigenvalue weighted by atomic mass is 35.5. The summed E-state index contributed by atoms with van der Waals surface area (Å²) in [7, 11) is 2.77. The summed E-state index contributed by atoms with van der Waals surface area (Å²) < 4.78 is 14.9. The lowest BCUT2D eigenvalue weighted by atomic mass is 10.2. The molecule has 114 valence electrons. The summed E-state index contributed by atoms with van der Waals surface area (Å²) in [6.07, 6.45) is 0. The van der Waals surface area contributed by atoms with Crippen LogP contribution in [0.2, 0.25) is 5.02 Å². The molecular weight excluding hydrogens is 308 g/mol. The summed E-state index contributed by atoms with van der Waals surface area (Å²) in [5, 5.41) is 0.338. The minimum Gasteiger partial charge on any atom is -0.497 e. The van der Waals surface area contributed by atoms with Crippen LogP contribution in [-0.4, -0.2) is 26.2 Å². The third kappa shape index (κ3) is 3.56. The molecular formula is C16H13ClO5. The second-order valence-electron chi connectivity index (χ2n) is 4.25. The topological polar surface area (TPSA) is 61.8 Å². The van der Waals surface area contributed by atoms with Crippen molar-refractivity contribution in [3.05, 3.63) is 58.6 Å². The van der Waals surface area contributed by atoms with Crippen LogP contribution in [0, 0.1) is 0 Å². The number of methoxy groups -OCH3 is 2. The molecule has 6 heteroatoms. The Morgan fingerprint density at radius 2 is 1.64 bits per heavy atom. The lowest BCUT2D eigenvalue weighted by Gasteiger charge is -2.09. The quantitative estimate of drug-likeness (QED) is 0.638. The minimum absolute atomic E-state index is 0.0804. The van der Waals surface area contributed by atoms with Crippen LogP contribution in [0.25, 0.3) is 0 Å². The van der Waals surface area contributed by atoms with Gasteiger partial charge in [0.25, 0.3) is 0 Å². The van der Waals surface area contributed by atoms with Gasteiger partial charge in [0.05, 0.1) is 19.8 Å². The Morgan fingerprint density at radius 3 is 2.23 bits per heavy atom. The number of hydrogen-bond acceptors (Lipinski definition) is 5. The molecule has 0 bridgehead atoms. The molecule has 0 unspecified atom stereocenters. The molecule has 0 spiro atoms. The van der Waals surface area contributed by atoms with Gasteiger partial charge in [-0.2, -0.15) is 0 Å². The zero-order valence-electron chi connectivity index (χ0n) is 12.0. The average Bonchev–Trinajstić information content (AvgIpc) is 2.55. The van der Waals surface area contributed by atoms with Gasteiger partial charge in [0.2, 0.25) is 0 Å². The summed E-state index contributed by atoms with van der Waals surface area (Å²) in [5.74, 6) is -0.537. The third-order valence-corrected chi connectivity index (χ3v) is 3.11. The molecule has 0 aliphatic heterocycles. The number of esters is 2. The molecule has 0 atom stereocenters. The van der Waals surface area contributed by atoms with Crippen molar-refractivity contribution >= 4 is 23.5 Å². The van der Waals surface area contributed by atoms with E-state index in [0.717, 1.165) is 0 Å². The Balaban J connectivity index is 2.25. The van der Waals surface area contributed by atoms with Gasteiger partial charge in [0.15, 0.2) is 0 Å². The van der Waals surface area contributed by atoms with Crippen LogP contribution in [0.15, 0.2) is 42.5 Å². The van der Waals surface area contributed by atoms with Crippen molar-refractivity contribution in [2.45, 2.75) is 0 Å². The summed E-state index contributed by atoms with van der Waals surface area (Å²) in [6, 6.07) is 10.7. The van der Waals surface area contributed by atoms with E-state index in [9.17, 15) is 9.59 Å². The molecule has 0 heterocycles. The van der Waals surface area contributed by atoms with Crippen LogP contribution in [-0.2, 0) is 4.74 Å². The van der Waals surface area contributed by atoms with Crippen molar-refractivity contribution in [2.24, 2.45) is 0 Å². The van der Waals surface area contributed by atoms with E-state index in [1.54, 1.807) is 24.3 Å². The largest absolute Gasteiger partial charge is 0.497 e. The maximum absolute atomic E-state index is 12.1. The average molecular weight is 321 g/mol. The molecule has 0 N–H and O–H groups in total. The van der Waals surface area contributed by atoms with E-state index in [1.165, 1.54) is 32.4 Å². The van der Waals surface area contributed by atoms with Gasteiger partial charge in [-0.25, -0.2) is 9.59 Å². The maximum Gasteiger partial charge on any atom is 0.343 e. The number of halogens is 1. The van der Waals surface area contributed by atoms with Crippen molar-refractivity contribution in [3.8, 4) is 11.5 Å². The Bertz CT molecular complexity index is 694. The summed E-state index contributed by atoms with van der Waals surface area (Å²) in [4.78, 5) is 23.8. The monoisotopic (exact) mass is 320 g/mol. The lowest BCUT2D eigenvalue weighted by Crippen LogP contribution is -2.12. The van der Waals surface area contributed by atoms with Gasteiger partial charge < -0.3 is 14.2 Å². The highest BCUT2D eigenvalue weighted by molar-refractivity contribution is 6.31. The van der Waals surface area contributed by atoms with E-state index in [-0.39, 0.29) is 11.3 Å². The molecule has 0 aliphatic carbocycles. The standard InChI is InChI=1S/C16H13ClO5/c1-20-12-6-3-10(4-7-12)15(18)22-14-8-5-11(17)9-13(14)16(19)21-2/h3-9H,1-2H3. The minimum atomic E-state index is -0.639. The molecule has 2 aromatic rings. The Kier molecular flexibility index (Phi) is 5.01. The van der Waals surface area contributed by atoms with Gasteiger partial charge in [-0.3, -0.25) is 0 Å².